The van der Waals surface area contributed by atoms with E-state index < -0.39 is 0 Å². The number of aryl methyl sites for hydroxylation is 3. The Morgan fingerprint density at radius 3 is 2.75 bits per heavy atom. The highest BCUT2D eigenvalue weighted by atomic mass is 79.9. The van der Waals surface area contributed by atoms with Crippen molar-refractivity contribution >= 4 is 28.2 Å². The molecule has 0 unspecified atom stereocenters. The van der Waals surface area contributed by atoms with Crippen molar-refractivity contribution in [1.82, 2.24) is 4.98 Å². The first kappa shape index (κ1) is 17.3. The minimum absolute atomic E-state index is 0. The molecule has 0 aliphatic heterocycles. The summed E-state index contributed by atoms with van der Waals surface area (Å²) in [5, 5.41) is 0.263. The van der Waals surface area contributed by atoms with Crippen molar-refractivity contribution in [2.45, 2.75) is 26.3 Å². The molecule has 2 aromatic rings. The van der Waals surface area contributed by atoms with Gasteiger partial charge in [0.05, 0.1) is 17.6 Å². The first-order valence-electron chi connectivity index (χ1n) is 6.24. The predicted molar refractivity (Wildman–Crippen MR) is 79.3 cm³/mol. The predicted octanol–water partition coefficient (Wildman–Crippen LogP) is -0.364. The standard InChI is InChI=1S/C14H17N2OS2.BrH/c1-12-13(19-11-15-12)6-10-18-14(17)5-9-16-7-3-2-4-8-16;/h2-4,7-8,11H,5-6,9-10H2,1H3;1H/q+1;/p-1. The van der Waals surface area contributed by atoms with Gasteiger partial charge in [-0.05, 0) is 13.3 Å². The van der Waals surface area contributed by atoms with Crippen LogP contribution in [0.25, 0.3) is 0 Å². The van der Waals surface area contributed by atoms with Gasteiger partial charge >= 0.3 is 0 Å². The van der Waals surface area contributed by atoms with Crippen LogP contribution < -0.4 is 21.5 Å². The Bertz CT molecular complexity index is 531. The van der Waals surface area contributed by atoms with E-state index in [0.29, 0.717) is 6.42 Å². The van der Waals surface area contributed by atoms with Gasteiger partial charge in [0, 0.05) is 22.8 Å². The van der Waals surface area contributed by atoms with E-state index in [2.05, 4.69) is 4.98 Å². The van der Waals surface area contributed by atoms with Crippen molar-refractivity contribution in [1.29, 1.82) is 0 Å². The van der Waals surface area contributed by atoms with Crippen LogP contribution in [-0.4, -0.2) is 15.9 Å². The summed E-state index contributed by atoms with van der Waals surface area (Å²) < 4.78 is 2.03. The summed E-state index contributed by atoms with van der Waals surface area (Å²) in [7, 11) is 0. The Morgan fingerprint density at radius 2 is 2.10 bits per heavy atom. The smallest absolute Gasteiger partial charge is 0.195 e. The largest absolute Gasteiger partial charge is 1.00 e. The van der Waals surface area contributed by atoms with Crippen molar-refractivity contribution in [3.05, 3.63) is 46.7 Å². The highest BCUT2D eigenvalue weighted by Crippen LogP contribution is 2.16. The van der Waals surface area contributed by atoms with Crippen LogP contribution in [0.5, 0.6) is 0 Å². The summed E-state index contributed by atoms with van der Waals surface area (Å²) in [6, 6.07) is 5.93. The van der Waals surface area contributed by atoms with Gasteiger partial charge in [-0.2, -0.15) is 0 Å². The number of carbonyl (C=O) groups excluding carboxylic acids is 1. The molecule has 0 radical (unpaired) electrons. The van der Waals surface area contributed by atoms with Gasteiger partial charge in [-0.25, -0.2) is 9.55 Å². The van der Waals surface area contributed by atoms with Crippen molar-refractivity contribution in [2.75, 3.05) is 5.75 Å². The number of aromatic nitrogens is 2. The molecular formula is C14H17BrN2OS2. The fraction of sp³-hybridized carbons (Fsp3) is 0.357. The number of hydrogen-bond donors (Lipinski definition) is 0. The molecular weight excluding hydrogens is 356 g/mol. The molecule has 0 saturated heterocycles. The number of thioether (sulfide) groups is 1. The highest BCUT2D eigenvalue weighted by Gasteiger charge is 2.08. The third-order valence-corrected chi connectivity index (χ3v) is 4.72. The van der Waals surface area contributed by atoms with Gasteiger partial charge in [0.2, 0.25) is 0 Å². The molecule has 0 aromatic carbocycles. The van der Waals surface area contributed by atoms with Crippen LogP contribution >= 0.6 is 23.1 Å². The van der Waals surface area contributed by atoms with Gasteiger partial charge in [0.15, 0.2) is 24.1 Å². The second-order valence-corrected chi connectivity index (χ2v) is 6.29. The molecule has 6 heteroatoms. The number of rotatable bonds is 6. The Balaban J connectivity index is 0.00000200. The Labute approximate surface area is 138 Å². The van der Waals surface area contributed by atoms with E-state index in [1.54, 1.807) is 11.3 Å². The first-order chi connectivity index (χ1) is 9.25. The van der Waals surface area contributed by atoms with E-state index in [-0.39, 0.29) is 22.1 Å². The van der Waals surface area contributed by atoms with E-state index in [1.807, 2.05) is 47.6 Å². The van der Waals surface area contributed by atoms with Crippen molar-refractivity contribution in [3.8, 4) is 0 Å². The molecule has 0 aliphatic carbocycles. The van der Waals surface area contributed by atoms with Gasteiger partial charge in [0.1, 0.15) is 0 Å². The van der Waals surface area contributed by atoms with Crippen LogP contribution in [0.1, 0.15) is 17.0 Å². The monoisotopic (exact) mass is 372 g/mol. The van der Waals surface area contributed by atoms with E-state index in [0.717, 1.165) is 24.4 Å². The molecule has 0 spiro atoms. The number of pyridine rings is 1. The Kier molecular flexibility index (Phi) is 8.02. The summed E-state index contributed by atoms with van der Waals surface area (Å²) in [6.45, 7) is 2.77. The lowest BCUT2D eigenvalue weighted by molar-refractivity contribution is -0.695. The summed E-state index contributed by atoms with van der Waals surface area (Å²) in [5.74, 6) is 0.849. The highest BCUT2D eigenvalue weighted by molar-refractivity contribution is 8.13. The summed E-state index contributed by atoms with van der Waals surface area (Å²) in [6.07, 6.45) is 5.49. The summed E-state index contributed by atoms with van der Waals surface area (Å²) >= 11 is 3.10. The molecule has 2 rings (SSSR count). The lowest BCUT2D eigenvalue weighted by atomic mass is 10.3. The SMILES string of the molecule is Cc1ncsc1CCSC(=O)CC[n+]1ccccc1.[Br-]. The molecule has 20 heavy (non-hydrogen) atoms. The minimum Gasteiger partial charge on any atom is -1.00 e. The minimum atomic E-state index is 0. The fourth-order valence-corrected chi connectivity index (χ4v) is 3.38. The molecule has 0 saturated carbocycles. The number of carbonyl (C=O) groups is 1. The molecule has 108 valence electrons. The topological polar surface area (TPSA) is 33.8 Å². The molecule has 0 fully saturated rings. The lowest BCUT2D eigenvalue weighted by Gasteiger charge is -1.99. The zero-order chi connectivity index (χ0) is 13.5. The Hall–Kier alpha value is -0.720. The van der Waals surface area contributed by atoms with Crippen LogP contribution in [0.3, 0.4) is 0 Å². The average Bonchev–Trinajstić information content (AvgIpc) is 2.83. The number of thiazole rings is 1. The third-order valence-electron chi connectivity index (χ3n) is 2.79. The quantitative estimate of drug-likeness (QED) is 0.649. The number of halogens is 1. The van der Waals surface area contributed by atoms with Gasteiger partial charge in [0.25, 0.3) is 0 Å². The van der Waals surface area contributed by atoms with Crippen LogP contribution in [0.4, 0.5) is 0 Å². The maximum absolute atomic E-state index is 11.8. The van der Waals surface area contributed by atoms with Gasteiger partial charge in [-0.1, -0.05) is 17.8 Å². The van der Waals surface area contributed by atoms with E-state index >= 15 is 0 Å². The Morgan fingerprint density at radius 1 is 1.35 bits per heavy atom. The zero-order valence-electron chi connectivity index (χ0n) is 11.3. The molecule has 0 atom stereocenters. The average molecular weight is 373 g/mol. The lowest BCUT2D eigenvalue weighted by Crippen LogP contribution is -3.00. The van der Waals surface area contributed by atoms with E-state index in [4.69, 9.17) is 0 Å². The molecule has 2 heterocycles. The van der Waals surface area contributed by atoms with Crippen molar-refractivity contribution < 1.29 is 26.3 Å². The molecule has 2 aromatic heterocycles. The maximum Gasteiger partial charge on any atom is 0.195 e. The number of hydrogen-bond acceptors (Lipinski definition) is 4. The van der Waals surface area contributed by atoms with Gasteiger partial charge in [-0.15, -0.1) is 11.3 Å². The van der Waals surface area contributed by atoms with Crippen molar-refractivity contribution in [3.63, 3.8) is 0 Å². The molecule has 0 amide bonds. The van der Waals surface area contributed by atoms with E-state index in [9.17, 15) is 4.79 Å². The van der Waals surface area contributed by atoms with Crippen molar-refractivity contribution in [2.24, 2.45) is 0 Å². The summed E-state index contributed by atoms with van der Waals surface area (Å²) in [4.78, 5) is 17.3. The second-order valence-electron chi connectivity index (χ2n) is 4.19. The van der Waals surface area contributed by atoms with Crippen LogP contribution in [0.15, 0.2) is 36.1 Å². The zero-order valence-corrected chi connectivity index (χ0v) is 14.5. The van der Waals surface area contributed by atoms with Crippen LogP contribution in [-0.2, 0) is 17.8 Å². The summed E-state index contributed by atoms with van der Waals surface area (Å²) in [5.41, 5.74) is 2.96. The molecule has 0 aliphatic rings. The van der Waals surface area contributed by atoms with Crippen LogP contribution in [0, 0.1) is 6.92 Å². The van der Waals surface area contributed by atoms with Gasteiger partial charge in [-0.3, -0.25) is 4.79 Å². The fourth-order valence-electron chi connectivity index (χ4n) is 1.70. The van der Waals surface area contributed by atoms with Crippen LogP contribution in [0.2, 0.25) is 0 Å². The molecule has 0 N–H and O–H groups in total. The third kappa shape index (κ3) is 5.73. The molecule has 0 bridgehead atoms. The normalized spacial score (nSPS) is 10.1. The maximum atomic E-state index is 11.8. The second kappa shape index (κ2) is 9.26. The van der Waals surface area contributed by atoms with E-state index in [1.165, 1.54) is 16.6 Å². The number of nitrogens with zero attached hydrogens (tertiary/aromatic N) is 2. The first-order valence-corrected chi connectivity index (χ1v) is 8.11. The van der Waals surface area contributed by atoms with Gasteiger partial charge < -0.3 is 17.0 Å². The molecule has 3 nitrogen and oxygen atoms in total.